The van der Waals surface area contributed by atoms with E-state index >= 15 is 0 Å². The summed E-state index contributed by atoms with van der Waals surface area (Å²) in [5.74, 6) is -0.291. The lowest BCUT2D eigenvalue weighted by Gasteiger charge is -2.10. The van der Waals surface area contributed by atoms with Gasteiger partial charge in [0.25, 0.3) is 0 Å². The van der Waals surface area contributed by atoms with Crippen LogP contribution in [0.25, 0.3) is 0 Å². The third-order valence-electron chi connectivity index (χ3n) is 2.14. The lowest BCUT2D eigenvalue weighted by Crippen LogP contribution is -2.35. The predicted molar refractivity (Wildman–Crippen MR) is 64.1 cm³/mol. The molecule has 0 amide bonds. The zero-order valence-corrected chi connectivity index (χ0v) is 11.2. The summed E-state index contributed by atoms with van der Waals surface area (Å²) in [5.41, 5.74) is 0. The van der Waals surface area contributed by atoms with Crippen LogP contribution in [-0.2, 0) is 19.9 Å². The van der Waals surface area contributed by atoms with Crippen molar-refractivity contribution in [3.05, 3.63) is 29.2 Å². The Kier molecular flexibility index (Phi) is 3.41. The summed E-state index contributed by atoms with van der Waals surface area (Å²) >= 11 is 5.44. The van der Waals surface area contributed by atoms with E-state index in [1.165, 1.54) is 6.08 Å². The Morgan fingerprint density at radius 2 is 1.94 bits per heavy atom. The molecule has 1 aromatic rings. The lowest BCUT2D eigenvalue weighted by atomic mass is 10.4. The number of halogens is 1. The van der Waals surface area contributed by atoms with Crippen molar-refractivity contribution in [1.29, 1.82) is 0 Å². The first-order chi connectivity index (χ1) is 8.28. The maximum absolute atomic E-state index is 11.8. The van der Waals surface area contributed by atoms with Crippen molar-refractivity contribution in [2.24, 2.45) is 0 Å². The first-order valence-electron chi connectivity index (χ1n) is 4.69. The van der Waals surface area contributed by atoms with Gasteiger partial charge >= 0.3 is 0 Å². The highest BCUT2D eigenvalue weighted by Crippen LogP contribution is 2.13. The van der Waals surface area contributed by atoms with E-state index in [4.69, 9.17) is 11.6 Å². The fourth-order valence-electron chi connectivity index (χ4n) is 1.36. The maximum atomic E-state index is 11.8. The molecule has 0 aliphatic carbocycles. The summed E-state index contributed by atoms with van der Waals surface area (Å²) in [6.07, 6.45) is 3.37. The Balaban J connectivity index is 2.19. The van der Waals surface area contributed by atoms with Crippen LogP contribution in [0, 0.1) is 0 Å². The topological polar surface area (TPSA) is 106 Å². The Bertz CT molecular complexity index is 682. The van der Waals surface area contributed by atoms with Crippen molar-refractivity contribution in [3.8, 4) is 0 Å². The quantitative estimate of drug-likeness (QED) is 0.770. The molecule has 0 aromatic carbocycles. The fourth-order valence-corrected chi connectivity index (χ4v) is 3.87. The van der Waals surface area contributed by atoms with Gasteiger partial charge < -0.3 is 0 Å². The molecule has 0 saturated carbocycles. The molecule has 1 aromatic heterocycles. The molecule has 2 rings (SSSR count). The number of sulfonamides is 1. The number of hydrogen-bond donors (Lipinski definition) is 1. The van der Waals surface area contributed by atoms with Crippen LogP contribution in [0.15, 0.2) is 28.8 Å². The van der Waals surface area contributed by atoms with Crippen LogP contribution in [0.1, 0.15) is 0 Å². The highest BCUT2D eigenvalue weighted by molar-refractivity contribution is 7.94. The van der Waals surface area contributed by atoms with Crippen LogP contribution in [0.5, 0.6) is 0 Å². The molecular formula is C8H8ClN3O4S2. The van der Waals surface area contributed by atoms with Crippen molar-refractivity contribution in [3.63, 3.8) is 0 Å². The minimum absolute atomic E-state index is 0.0720. The molecule has 18 heavy (non-hydrogen) atoms. The highest BCUT2D eigenvalue weighted by Gasteiger charge is 2.27. The molecule has 0 saturated heterocycles. The summed E-state index contributed by atoms with van der Waals surface area (Å²) in [7, 11) is -7.18. The first kappa shape index (κ1) is 13.4. The number of hydrogen-bond acceptors (Lipinski definition) is 6. The van der Waals surface area contributed by atoms with Crippen molar-refractivity contribution in [2.75, 3.05) is 5.75 Å². The molecule has 10 heteroatoms. The largest absolute Gasteiger partial charge is 0.244 e. The number of sulfone groups is 1. The van der Waals surface area contributed by atoms with Crippen LogP contribution >= 0.6 is 11.6 Å². The fraction of sp³-hybridized carbons (Fsp3) is 0.250. The number of aromatic nitrogens is 2. The molecule has 0 radical (unpaired) electrons. The van der Waals surface area contributed by atoms with E-state index < -0.39 is 25.9 Å². The summed E-state index contributed by atoms with van der Waals surface area (Å²) in [5, 5.41) is 0.913. The third kappa shape index (κ3) is 3.05. The predicted octanol–water partition coefficient (Wildman–Crippen LogP) is -0.281. The van der Waals surface area contributed by atoms with Crippen molar-refractivity contribution in [2.45, 2.75) is 10.9 Å². The van der Waals surface area contributed by atoms with Gasteiger partial charge in [0, 0.05) is 5.41 Å². The van der Waals surface area contributed by atoms with E-state index in [1.54, 1.807) is 0 Å². The molecule has 1 atom stereocenters. The van der Waals surface area contributed by atoms with Crippen molar-refractivity contribution in [1.82, 2.24) is 14.7 Å². The zero-order chi connectivity index (χ0) is 13.4. The first-order valence-corrected chi connectivity index (χ1v) is 8.27. The van der Waals surface area contributed by atoms with Crippen molar-refractivity contribution < 1.29 is 16.8 Å². The van der Waals surface area contributed by atoms with E-state index in [0.717, 1.165) is 17.8 Å². The smallest absolute Gasteiger partial charge is 0.225 e. The molecule has 0 bridgehead atoms. The Labute approximate surface area is 109 Å². The maximum Gasteiger partial charge on any atom is 0.244 e. The van der Waals surface area contributed by atoms with Gasteiger partial charge in [-0.2, -0.15) is 0 Å². The summed E-state index contributed by atoms with van der Waals surface area (Å²) in [4.78, 5) is 6.92. The van der Waals surface area contributed by atoms with Gasteiger partial charge in [0.15, 0.2) is 9.84 Å². The Morgan fingerprint density at radius 1 is 1.33 bits per heavy atom. The number of nitrogens with one attached hydrogen (secondary N) is 1. The van der Waals surface area contributed by atoms with Gasteiger partial charge in [0.05, 0.1) is 24.2 Å². The van der Waals surface area contributed by atoms with Gasteiger partial charge in [-0.25, -0.2) is 31.5 Å². The molecule has 0 fully saturated rings. The normalized spacial score (nSPS) is 22.2. The molecule has 2 heterocycles. The molecule has 0 spiro atoms. The van der Waals surface area contributed by atoms with Gasteiger partial charge in [0.1, 0.15) is 4.90 Å². The SMILES string of the molecule is O=S1(=O)C=CC(NS(=O)(=O)c2cnc(Cl)nc2)C1. The van der Waals surface area contributed by atoms with Crippen molar-refractivity contribution >= 4 is 31.5 Å². The van der Waals surface area contributed by atoms with E-state index in [1.807, 2.05) is 0 Å². The minimum Gasteiger partial charge on any atom is -0.225 e. The van der Waals surface area contributed by atoms with E-state index in [9.17, 15) is 16.8 Å². The van der Waals surface area contributed by atoms with Crippen LogP contribution in [0.3, 0.4) is 0 Å². The van der Waals surface area contributed by atoms with Gasteiger partial charge in [-0.15, -0.1) is 0 Å². The monoisotopic (exact) mass is 309 g/mol. The highest BCUT2D eigenvalue weighted by atomic mass is 35.5. The van der Waals surface area contributed by atoms with E-state index in [0.29, 0.717) is 0 Å². The second-order valence-electron chi connectivity index (χ2n) is 3.57. The molecule has 1 unspecified atom stereocenters. The second kappa shape index (κ2) is 4.57. The van der Waals surface area contributed by atoms with Crippen LogP contribution in [0.4, 0.5) is 0 Å². The van der Waals surface area contributed by atoms with Gasteiger partial charge in [-0.3, -0.25) is 0 Å². The molecule has 1 N–H and O–H groups in total. The van der Waals surface area contributed by atoms with E-state index in [-0.39, 0.29) is 15.9 Å². The Morgan fingerprint density at radius 3 is 2.44 bits per heavy atom. The number of rotatable bonds is 3. The molecule has 7 nitrogen and oxygen atoms in total. The summed E-state index contributed by atoms with van der Waals surface area (Å²) in [6.45, 7) is 0. The van der Waals surface area contributed by atoms with Gasteiger partial charge in [-0.05, 0) is 11.6 Å². The number of nitrogens with zero attached hydrogens (tertiary/aromatic N) is 2. The lowest BCUT2D eigenvalue weighted by molar-refractivity contribution is 0.574. The Hall–Kier alpha value is -1.03. The zero-order valence-electron chi connectivity index (χ0n) is 8.82. The average Bonchev–Trinajstić information content (AvgIpc) is 2.57. The summed E-state index contributed by atoms with van der Waals surface area (Å²) < 4.78 is 48.2. The van der Waals surface area contributed by atoms with E-state index in [2.05, 4.69) is 14.7 Å². The van der Waals surface area contributed by atoms with Gasteiger partial charge in [-0.1, -0.05) is 6.08 Å². The average molecular weight is 310 g/mol. The van der Waals surface area contributed by atoms with Gasteiger partial charge in [0.2, 0.25) is 15.3 Å². The molecule has 1 aliphatic heterocycles. The minimum atomic E-state index is -3.86. The molecule has 98 valence electrons. The molecular weight excluding hydrogens is 302 g/mol. The van der Waals surface area contributed by atoms with Crippen LogP contribution < -0.4 is 4.72 Å². The molecule has 1 aliphatic rings. The standard InChI is InChI=1S/C8H8ClN3O4S2/c9-8-10-3-7(4-11-8)18(15,16)12-6-1-2-17(13,14)5-6/h1-4,6,12H,5H2. The summed E-state index contributed by atoms with van der Waals surface area (Å²) in [6, 6.07) is -0.782. The second-order valence-corrected chi connectivity index (χ2v) is 7.56. The third-order valence-corrected chi connectivity index (χ3v) is 5.18. The van der Waals surface area contributed by atoms with Crippen LogP contribution in [0.2, 0.25) is 5.28 Å². The van der Waals surface area contributed by atoms with Crippen LogP contribution in [-0.4, -0.2) is 38.6 Å².